The number of carbonyl (C=O) groups is 1. The van der Waals surface area contributed by atoms with Gasteiger partial charge in [0.05, 0.1) is 16.2 Å². The molecule has 1 aromatic heterocycles. The van der Waals surface area contributed by atoms with Gasteiger partial charge in [-0.25, -0.2) is 14.8 Å². The van der Waals surface area contributed by atoms with E-state index in [0.29, 0.717) is 40.5 Å². The Labute approximate surface area is 152 Å². The minimum Gasteiger partial charge on any atom is -0.486 e. The second kappa shape index (κ2) is 7.46. The molecule has 0 atom stereocenters. The molecule has 9 heteroatoms. The van der Waals surface area contributed by atoms with Gasteiger partial charge in [0, 0.05) is 0 Å². The lowest BCUT2D eigenvalue weighted by atomic mass is 10.2. The lowest BCUT2D eigenvalue weighted by Crippen LogP contribution is -2.16. The van der Waals surface area contributed by atoms with Crippen LogP contribution in [-0.4, -0.2) is 35.4 Å². The minimum absolute atomic E-state index is 0.00409. The van der Waals surface area contributed by atoms with Gasteiger partial charge in [0.15, 0.2) is 22.3 Å². The Morgan fingerprint density at radius 2 is 2.08 bits per heavy atom. The molecule has 24 heavy (non-hydrogen) atoms. The van der Waals surface area contributed by atoms with Crippen LogP contribution in [0.25, 0.3) is 0 Å². The second-order valence-electron chi connectivity index (χ2n) is 4.73. The molecule has 3 rings (SSSR count). The molecule has 0 saturated heterocycles. The summed E-state index contributed by atoms with van der Waals surface area (Å²) in [6.45, 7) is 0.899. The summed E-state index contributed by atoms with van der Waals surface area (Å²) in [6, 6.07) is 3.39. The van der Waals surface area contributed by atoms with Gasteiger partial charge in [0.2, 0.25) is 0 Å². The fraction of sp³-hybridized carbons (Fsp3) is 0.267. The van der Waals surface area contributed by atoms with Crippen LogP contribution in [0, 0.1) is 0 Å². The Morgan fingerprint density at radius 1 is 1.29 bits per heavy atom. The van der Waals surface area contributed by atoms with Crippen molar-refractivity contribution >= 4 is 40.9 Å². The number of ether oxygens (including phenoxy) is 3. The van der Waals surface area contributed by atoms with Crippen molar-refractivity contribution in [2.75, 3.05) is 19.5 Å². The monoisotopic (exact) mass is 386 g/mol. The fourth-order valence-corrected chi connectivity index (χ4v) is 2.85. The number of nitrogens with zero attached hydrogens (tertiary/aromatic N) is 2. The SMILES string of the molecule is CSc1ncc(Cl)c(C(=O)OCc2cc(Cl)c3c(c2)OCCO3)n1. The first-order valence-electron chi connectivity index (χ1n) is 6.90. The van der Waals surface area contributed by atoms with E-state index in [1.165, 1.54) is 18.0 Å². The lowest BCUT2D eigenvalue weighted by Gasteiger charge is -2.20. The van der Waals surface area contributed by atoms with Crippen LogP contribution in [0.3, 0.4) is 0 Å². The Hall–Kier alpha value is -1.70. The number of fused-ring (bicyclic) bond motifs is 1. The van der Waals surface area contributed by atoms with Crippen molar-refractivity contribution in [3.8, 4) is 11.5 Å². The third-order valence-electron chi connectivity index (χ3n) is 3.12. The Bertz CT molecular complexity index is 788. The Morgan fingerprint density at radius 3 is 2.88 bits per heavy atom. The van der Waals surface area contributed by atoms with Crippen LogP contribution in [-0.2, 0) is 11.3 Å². The highest BCUT2D eigenvalue weighted by molar-refractivity contribution is 7.98. The molecular weight excluding hydrogens is 375 g/mol. The zero-order chi connectivity index (χ0) is 17.1. The standard InChI is InChI=1S/C15H12Cl2N2O4S/c1-24-15-18-6-10(17)12(19-15)14(20)23-7-8-4-9(16)13-11(5-8)21-2-3-22-13/h4-6H,2-3,7H2,1H3. The van der Waals surface area contributed by atoms with E-state index in [1.54, 1.807) is 18.4 Å². The molecule has 0 radical (unpaired) electrons. The summed E-state index contributed by atoms with van der Waals surface area (Å²) in [7, 11) is 0. The first-order chi connectivity index (χ1) is 11.6. The Kier molecular flexibility index (Phi) is 5.33. The van der Waals surface area contributed by atoms with E-state index in [9.17, 15) is 4.79 Å². The van der Waals surface area contributed by atoms with Crippen molar-refractivity contribution in [2.24, 2.45) is 0 Å². The number of rotatable bonds is 4. The quantitative estimate of drug-likeness (QED) is 0.451. The number of aromatic nitrogens is 2. The maximum absolute atomic E-state index is 12.2. The normalized spacial score (nSPS) is 12.8. The fourth-order valence-electron chi connectivity index (χ4n) is 2.06. The average Bonchev–Trinajstić information content (AvgIpc) is 2.60. The molecule has 0 unspecified atom stereocenters. The molecule has 6 nitrogen and oxygen atoms in total. The molecule has 0 aliphatic carbocycles. The topological polar surface area (TPSA) is 70.5 Å². The number of carbonyl (C=O) groups excluding carboxylic acids is 1. The van der Waals surface area contributed by atoms with Gasteiger partial charge in [0.1, 0.15) is 19.8 Å². The van der Waals surface area contributed by atoms with Crippen LogP contribution in [0.2, 0.25) is 10.0 Å². The van der Waals surface area contributed by atoms with E-state index >= 15 is 0 Å². The largest absolute Gasteiger partial charge is 0.486 e. The maximum atomic E-state index is 12.2. The summed E-state index contributed by atoms with van der Waals surface area (Å²) in [5, 5.41) is 0.981. The highest BCUT2D eigenvalue weighted by atomic mass is 35.5. The predicted molar refractivity (Wildman–Crippen MR) is 90.4 cm³/mol. The Balaban J connectivity index is 1.74. The third kappa shape index (κ3) is 3.68. The van der Waals surface area contributed by atoms with E-state index in [1.807, 2.05) is 0 Å². The first-order valence-corrected chi connectivity index (χ1v) is 8.88. The van der Waals surface area contributed by atoms with Crippen molar-refractivity contribution < 1.29 is 19.0 Å². The average molecular weight is 387 g/mol. The van der Waals surface area contributed by atoms with Gasteiger partial charge < -0.3 is 14.2 Å². The molecule has 1 aromatic carbocycles. The van der Waals surface area contributed by atoms with Crippen LogP contribution >= 0.6 is 35.0 Å². The predicted octanol–water partition coefficient (Wildman–Crippen LogP) is 3.63. The van der Waals surface area contributed by atoms with Gasteiger partial charge >= 0.3 is 5.97 Å². The second-order valence-corrected chi connectivity index (χ2v) is 6.32. The van der Waals surface area contributed by atoms with E-state index in [-0.39, 0.29) is 17.3 Å². The molecule has 2 aromatic rings. The van der Waals surface area contributed by atoms with Gasteiger partial charge in [-0.05, 0) is 24.0 Å². The maximum Gasteiger partial charge on any atom is 0.358 e. The first kappa shape index (κ1) is 17.1. The molecule has 0 saturated carbocycles. The van der Waals surface area contributed by atoms with Gasteiger partial charge in [0.25, 0.3) is 0 Å². The number of benzene rings is 1. The summed E-state index contributed by atoms with van der Waals surface area (Å²) in [5.41, 5.74) is 0.701. The highest BCUT2D eigenvalue weighted by Crippen LogP contribution is 2.38. The zero-order valence-electron chi connectivity index (χ0n) is 12.5. The van der Waals surface area contributed by atoms with Crippen molar-refractivity contribution in [2.45, 2.75) is 11.8 Å². The van der Waals surface area contributed by atoms with Crippen LogP contribution in [0.5, 0.6) is 11.5 Å². The number of hydrogen-bond donors (Lipinski definition) is 0. The van der Waals surface area contributed by atoms with Crippen molar-refractivity contribution in [1.29, 1.82) is 0 Å². The molecule has 0 N–H and O–H groups in total. The van der Waals surface area contributed by atoms with Gasteiger partial charge in [-0.3, -0.25) is 0 Å². The molecule has 126 valence electrons. The molecule has 0 spiro atoms. The highest BCUT2D eigenvalue weighted by Gasteiger charge is 2.19. The van der Waals surface area contributed by atoms with Crippen molar-refractivity contribution in [1.82, 2.24) is 9.97 Å². The van der Waals surface area contributed by atoms with Crippen molar-refractivity contribution in [3.05, 3.63) is 39.6 Å². The zero-order valence-corrected chi connectivity index (χ0v) is 14.9. The van der Waals surface area contributed by atoms with E-state index in [2.05, 4.69) is 9.97 Å². The minimum atomic E-state index is -0.635. The van der Waals surface area contributed by atoms with Crippen LogP contribution < -0.4 is 9.47 Å². The third-order valence-corrected chi connectivity index (χ3v) is 4.24. The number of thioether (sulfide) groups is 1. The van der Waals surface area contributed by atoms with E-state index in [4.69, 9.17) is 37.4 Å². The van der Waals surface area contributed by atoms with Gasteiger partial charge in [-0.15, -0.1) is 0 Å². The molecular formula is C15H12Cl2N2O4S. The van der Waals surface area contributed by atoms with E-state index in [0.717, 1.165) is 0 Å². The number of hydrogen-bond acceptors (Lipinski definition) is 7. The molecule has 0 fully saturated rings. The smallest absolute Gasteiger partial charge is 0.358 e. The van der Waals surface area contributed by atoms with Gasteiger partial charge in [-0.2, -0.15) is 0 Å². The summed E-state index contributed by atoms with van der Waals surface area (Å²) >= 11 is 13.4. The molecule has 1 aliphatic rings. The number of esters is 1. The summed E-state index contributed by atoms with van der Waals surface area (Å²) in [4.78, 5) is 20.2. The molecule has 1 aliphatic heterocycles. The summed E-state index contributed by atoms with van der Waals surface area (Å²) in [5.74, 6) is 0.398. The van der Waals surface area contributed by atoms with Gasteiger partial charge in [-0.1, -0.05) is 35.0 Å². The summed E-state index contributed by atoms with van der Waals surface area (Å²) < 4.78 is 16.2. The molecule has 0 amide bonds. The lowest BCUT2D eigenvalue weighted by molar-refractivity contribution is 0.0464. The number of halogens is 2. The van der Waals surface area contributed by atoms with Crippen LogP contribution in [0.4, 0.5) is 0 Å². The van der Waals surface area contributed by atoms with E-state index < -0.39 is 5.97 Å². The van der Waals surface area contributed by atoms with Crippen molar-refractivity contribution in [3.63, 3.8) is 0 Å². The summed E-state index contributed by atoms with van der Waals surface area (Å²) in [6.07, 6.45) is 3.17. The molecule has 2 heterocycles. The van der Waals surface area contributed by atoms with Crippen LogP contribution in [0.15, 0.2) is 23.5 Å². The van der Waals surface area contributed by atoms with Crippen LogP contribution in [0.1, 0.15) is 16.1 Å². The molecule has 0 bridgehead atoms.